The Morgan fingerprint density at radius 2 is 0.614 bits per heavy atom. The molecule has 376 valence electrons. The first-order valence-corrected chi connectivity index (χ1v) is 27.1. The molecular formula is C56H66Br2O12. The Hall–Kier alpha value is -4.82. The van der Waals surface area contributed by atoms with E-state index in [1.54, 1.807) is 0 Å². The van der Waals surface area contributed by atoms with E-state index in [9.17, 15) is 9.59 Å². The number of hydrogen-bond acceptors (Lipinski definition) is 12. The van der Waals surface area contributed by atoms with Gasteiger partial charge in [-0.25, -0.2) is 9.59 Å². The zero-order valence-corrected chi connectivity index (χ0v) is 44.6. The summed E-state index contributed by atoms with van der Waals surface area (Å²) in [6, 6.07) is 8.99. The van der Waals surface area contributed by atoms with Gasteiger partial charge in [-0.3, -0.25) is 0 Å². The molecule has 0 radical (unpaired) electrons. The van der Waals surface area contributed by atoms with Gasteiger partial charge < -0.3 is 47.4 Å². The monoisotopic (exact) mass is 1090 g/mol. The summed E-state index contributed by atoms with van der Waals surface area (Å²) in [6.45, 7) is 7.95. The first-order valence-electron chi connectivity index (χ1n) is 25.5. The standard InChI is InChI=1S/C56H66Br2O12/c1-7-11-15-19-31-35-23-36-32(20-16-12-8-2)41-26-42-34(22-18-14-10-4)38-24-37-33(21-17-13-9-3)40-25-39(31)51-45(57)52(40)68-29-65-49(37)44(56(60)62-6)50(38)66-30-70-54(42)46(58)53(41)69-28-64-48(36)43(55(59)61-5)47(35)63-27-67-51/h23-26,31-34H,7-22,27-30H2,1-6H3. The molecule has 0 aromatic heterocycles. The second kappa shape index (κ2) is 22.3. The Morgan fingerprint density at radius 1 is 0.400 bits per heavy atom. The van der Waals surface area contributed by atoms with Crippen LogP contribution in [0.3, 0.4) is 0 Å². The van der Waals surface area contributed by atoms with Crippen molar-refractivity contribution >= 4 is 43.8 Å². The molecule has 0 spiro atoms. The van der Waals surface area contributed by atoms with Gasteiger partial charge in [-0.2, -0.15) is 0 Å². The summed E-state index contributed by atoms with van der Waals surface area (Å²) < 4.78 is 66.1. The van der Waals surface area contributed by atoms with E-state index in [0.29, 0.717) is 54.9 Å². The molecule has 0 amide bonds. The highest BCUT2D eigenvalue weighted by Crippen LogP contribution is 2.59. The minimum atomic E-state index is -0.573. The summed E-state index contributed by atoms with van der Waals surface area (Å²) in [5, 5.41) is 0. The normalized spacial score (nSPS) is 18.9. The Morgan fingerprint density at radius 3 is 0.829 bits per heavy atom. The molecule has 1 aliphatic carbocycles. The number of benzene rings is 4. The van der Waals surface area contributed by atoms with Crippen LogP contribution in [0.5, 0.6) is 46.0 Å². The molecule has 4 aromatic carbocycles. The number of hydrogen-bond donors (Lipinski definition) is 0. The van der Waals surface area contributed by atoms with Gasteiger partial charge in [0.1, 0.15) is 66.1 Å². The highest BCUT2D eigenvalue weighted by atomic mass is 79.9. The van der Waals surface area contributed by atoms with E-state index in [1.165, 1.54) is 14.2 Å². The average Bonchev–Trinajstić information content (AvgIpc) is 3.34. The van der Waals surface area contributed by atoms with Crippen LogP contribution in [0.25, 0.3) is 0 Å². The molecule has 0 N–H and O–H groups in total. The third-order valence-electron chi connectivity index (χ3n) is 14.8. The molecule has 4 aliphatic heterocycles. The number of unbranched alkanes of at least 4 members (excludes halogenated alkanes) is 8. The first-order chi connectivity index (χ1) is 34.2. The molecule has 4 aromatic rings. The molecule has 8 bridgehead atoms. The molecule has 0 fully saturated rings. The first kappa shape index (κ1) is 50.1. The fourth-order valence-electron chi connectivity index (χ4n) is 11.4. The van der Waals surface area contributed by atoms with Crippen molar-refractivity contribution in [2.45, 2.75) is 154 Å². The van der Waals surface area contributed by atoms with Crippen LogP contribution in [0, 0.1) is 0 Å². The number of carbonyl (C=O) groups excluding carboxylic acids is 2. The van der Waals surface area contributed by atoms with Gasteiger partial charge >= 0.3 is 11.9 Å². The lowest BCUT2D eigenvalue weighted by molar-refractivity contribution is 0.0558. The molecule has 14 heteroatoms. The van der Waals surface area contributed by atoms with Crippen LogP contribution < -0.4 is 37.9 Å². The summed E-state index contributed by atoms with van der Waals surface area (Å²) in [5.41, 5.74) is 7.58. The van der Waals surface area contributed by atoms with E-state index in [4.69, 9.17) is 47.4 Å². The number of halogens is 2. The predicted octanol–water partition coefficient (Wildman–Crippen LogP) is 14.9. The van der Waals surface area contributed by atoms with Crippen molar-refractivity contribution in [3.05, 3.63) is 88.8 Å². The van der Waals surface area contributed by atoms with E-state index in [0.717, 1.165) is 147 Å². The van der Waals surface area contributed by atoms with Crippen molar-refractivity contribution in [2.75, 3.05) is 41.4 Å². The number of carbonyl (C=O) groups is 2. The van der Waals surface area contributed by atoms with E-state index in [1.807, 2.05) is 0 Å². The third-order valence-corrected chi connectivity index (χ3v) is 16.3. The van der Waals surface area contributed by atoms with E-state index in [-0.39, 0.29) is 62.0 Å². The fraction of sp³-hybridized carbons (Fsp3) is 0.536. The van der Waals surface area contributed by atoms with Crippen molar-refractivity contribution in [3.8, 4) is 46.0 Å². The molecule has 5 aliphatic rings. The second-order valence-corrected chi connectivity index (χ2v) is 20.6. The van der Waals surface area contributed by atoms with Gasteiger partial charge in [0.15, 0.2) is 0 Å². The van der Waals surface area contributed by atoms with Crippen molar-refractivity contribution in [1.29, 1.82) is 0 Å². The van der Waals surface area contributed by atoms with Gasteiger partial charge in [0, 0.05) is 68.2 Å². The lowest BCUT2D eigenvalue weighted by Gasteiger charge is -2.36. The molecule has 4 atom stereocenters. The van der Waals surface area contributed by atoms with Crippen LogP contribution in [0.2, 0.25) is 0 Å². The van der Waals surface area contributed by atoms with Crippen LogP contribution in [-0.4, -0.2) is 53.3 Å². The van der Waals surface area contributed by atoms with Gasteiger partial charge in [-0.1, -0.05) is 105 Å². The zero-order valence-electron chi connectivity index (χ0n) is 41.4. The number of esters is 2. The van der Waals surface area contributed by atoms with Crippen molar-refractivity contribution in [2.24, 2.45) is 0 Å². The van der Waals surface area contributed by atoms with E-state index < -0.39 is 11.9 Å². The van der Waals surface area contributed by atoms with Gasteiger partial charge in [-0.05, 0) is 81.8 Å². The largest absolute Gasteiger partial charge is 0.465 e. The minimum Gasteiger partial charge on any atom is -0.465 e. The van der Waals surface area contributed by atoms with Gasteiger partial charge in [0.05, 0.1) is 14.2 Å². The minimum absolute atomic E-state index is 0.210. The summed E-state index contributed by atoms with van der Waals surface area (Å²) in [7, 11) is 2.79. The summed E-state index contributed by atoms with van der Waals surface area (Å²) in [5.74, 6) is 1.43. The average molecular weight is 1090 g/mol. The Bertz CT molecular complexity index is 2290. The lowest BCUT2D eigenvalue weighted by atomic mass is 9.75. The molecular weight excluding hydrogens is 1020 g/mol. The van der Waals surface area contributed by atoms with Crippen LogP contribution in [0.4, 0.5) is 0 Å². The fourth-order valence-corrected chi connectivity index (χ4v) is 12.8. The summed E-state index contributed by atoms with van der Waals surface area (Å²) in [4.78, 5) is 29.1. The Labute approximate surface area is 428 Å². The number of ether oxygens (including phenoxy) is 10. The van der Waals surface area contributed by atoms with E-state index >= 15 is 0 Å². The van der Waals surface area contributed by atoms with Crippen LogP contribution in [-0.2, 0) is 9.47 Å². The molecule has 12 nitrogen and oxygen atoms in total. The highest BCUT2D eigenvalue weighted by molar-refractivity contribution is 9.11. The quantitative estimate of drug-likeness (QED) is 0.0695. The maximum Gasteiger partial charge on any atom is 0.345 e. The number of rotatable bonds is 18. The zero-order chi connectivity index (χ0) is 49.1. The molecule has 0 saturated carbocycles. The third kappa shape index (κ3) is 9.17. The Kier molecular flexibility index (Phi) is 16.0. The van der Waals surface area contributed by atoms with Gasteiger partial charge in [-0.15, -0.1) is 0 Å². The predicted molar refractivity (Wildman–Crippen MR) is 272 cm³/mol. The smallest absolute Gasteiger partial charge is 0.345 e. The maximum absolute atomic E-state index is 14.5. The van der Waals surface area contributed by atoms with Crippen molar-refractivity contribution in [3.63, 3.8) is 0 Å². The van der Waals surface area contributed by atoms with Crippen LogP contribution in [0.1, 0.15) is 219 Å². The molecule has 0 saturated heterocycles. The lowest BCUT2D eigenvalue weighted by Crippen LogP contribution is -2.26. The highest BCUT2D eigenvalue weighted by Gasteiger charge is 2.43. The summed E-state index contributed by atoms with van der Waals surface area (Å²) >= 11 is 8.10. The molecule has 70 heavy (non-hydrogen) atoms. The van der Waals surface area contributed by atoms with Crippen LogP contribution in [0.15, 0.2) is 33.2 Å². The topological polar surface area (TPSA) is 126 Å². The molecule has 4 unspecified atom stereocenters. The maximum atomic E-state index is 14.5. The summed E-state index contributed by atoms with van der Waals surface area (Å²) in [6.07, 6.45) is 14.5. The number of methoxy groups -OCH3 is 2. The van der Waals surface area contributed by atoms with E-state index in [2.05, 4.69) is 83.8 Å². The Balaban J connectivity index is 1.49. The van der Waals surface area contributed by atoms with Crippen LogP contribution >= 0.6 is 31.9 Å². The van der Waals surface area contributed by atoms with Gasteiger partial charge in [0.25, 0.3) is 0 Å². The molecule has 4 heterocycles. The van der Waals surface area contributed by atoms with Crippen molar-refractivity contribution < 1.29 is 57.0 Å². The molecule has 9 rings (SSSR count). The van der Waals surface area contributed by atoms with Crippen molar-refractivity contribution in [1.82, 2.24) is 0 Å². The SMILES string of the molecule is CCCCCC1c2cc3c4c(Br)c2OCOc2c1cc1c(c2C(=O)OC)OCOc2c(cc5c(c2Br)OCOc2c(cc(c(c2C(=O)OC)OCO4)C3CCCCC)C5CCCCC)C1CCCCC. The second-order valence-electron chi connectivity index (χ2n) is 19.0. The van der Waals surface area contributed by atoms with Gasteiger partial charge in [0.2, 0.25) is 27.2 Å².